The topological polar surface area (TPSA) is 90.5 Å². The second kappa shape index (κ2) is 7.70. The number of para-hydroxylation sites is 1. The van der Waals surface area contributed by atoms with Crippen LogP contribution in [0.1, 0.15) is 46.6 Å². The summed E-state index contributed by atoms with van der Waals surface area (Å²) in [6.07, 6.45) is 2.58. The summed E-state index contributed by atoms with van der Waals surface area (Å²) in [6, 6.07) is 7.09. The Kier molecular flexibility index (Phi) is 5.53. The number of carbonyl (C=O) groups is 2. The van der Waals surface area contributed by atoms with Gasteiger partial charge in [-0.2, -0.15) is 0 Å². The summed E-state index contributed by atoms with van der Waals surface area (Å²) >= 11 is 1.38. The van der Waals surface area contributed by atoms with E-state index in [2.05, 4.69) is 29.8 Å². The van der Waals surface area contributed by atoms with Crippen molar-refractivity contribution >= 4 is 34.0 Å². The Morgan fingerprint density at radius 2 is 1.96 bits per heavy atom. The van der Waals surface area contributed by atoms with Crippen LogP contribution in [0, 0.1) is 5.41 Å². The monoisotopic (exact) mass is 387 g/mol. The second-order valence-corrected chi connectivity index (χ2v) is 8.73. The van der Waals surface area contributed by atoms with Crippen molar-refractivity contribution in [1.82, 2.24) is 5.32 Å². The van der Waals surface area contributed by atoms with Gasteiger partial charge in [0.1, 0.15) is 5.00 Å². The Morgan fingerprint density at radius 1 is 1.22 bits per heavy atom. The van der Waals surface area contributed by atoms with E-state index in [0.29, 0.717) is 17.2 Å². The highest BCUT2D eigenvalue weighted by atomic mass is 32.1. The van der Waals surface area contributed by atoms with Crippen LogP contribution in [-0.2, 0) is 19.4 Å². The first-order valence-electron chi connectivity index (χ1n) is 8.99. The number of hydrogen-bond donors (Lipinski definition) is 4. The maximum atomic E-state index is 12.5. The largest absolute Gasteiger partial charge is 0.478 e. The molecule has 7 heteroatoms. The predicted molar refractivity (Wildman–Crippen MR) is 109 cm³/mol. The van der Waals surface area contributed by atoms with Crippen molar-refractivity contribution in [3.63, 3.8) is 0 Å². The van der Waals surface area contributed by atoms with Crippen LogP contribution in [0.2, 0.25) is 0 Å². The molecule has 0 aliphatic heterocycles. The summed E-state index contributed by atoms with van der Waals surface area (Å²) in [6.45, 7) is 4.93. The van der Waals surface area contributed by atoms with Gasteiger partial charge in [0.2, 0.25) is 0 Å². The van der Waals surface area contributed by atoms with Gasteiger partial charge >= 0.3 is 12.0 Å². The number of nitrogens with one attached hydrogen (secondary N) is 3. The number of amides is 2. The molecule has 0 atom stereocenters. The molecule has 0 unspecified atom stereocenters. The molecule has 144 valence electrons. The number of fused-ring (bicyclic) bond motifs is 1. The maximum Gasteiger partial charge on any atom is 0.339 e. The van der Waals surface area contributed by atoms with Gasteiger partial charge in [0, 0.05) is 17.1 Å². The lowest BCUT2D eigenvalue weighted by Gasteiger charge is -2.29. The van der Waals surface area contributed by atoms with Gasteiger partial charge in [0.05, 0.1) is 5.56 Å². The third kappa shape index (κ3) is 4.31. The fraction of sp³-hybridized carbons (Fsp3) is 0.400. The molecule has 2 amide bonds. The highest BCUT2D eigenvalue weighted by Gasteiger charge is 2.33. The van der Waals surface area contributed by atoms with Crippen molar-refractivity contribution < 1.29 is 14.7 Å². The molecule has 3 rings (SSSR count). The summed E-state index contributed by atoms with van der Waals surface area (Å²) in [5.41, 5.74) is 2.84. The zero-order chi connectivity index (χ0) is 19.6. The van der Waals surface area contributed by atoms with E-state index in [9.17, 15) is 14.7 Å². The predicted octanol–water partition coefficient (Wildman–Crippen LogP) is 4.32. The van der Waals surface area contributed by atoms with Gasteiger partial charge in [-0.05, 0) is 48.9 Å². The normalized spacial score (nSPS) is 15.1. The molecule has 6 nitrogen and oxygen atoms in total. The highest BCUT2D eigenvalue weighted by molar-refractivity contribution is 7.17. The third-order valence-electron chi connectivity index (χ3n) is 4.85. The van der Waals surface area contributed by atoms with E-state index < -0.39 is 12.0 Å². The van der Waals surface area contributed by atoms with Gasteiger partial charge in [0.15, 0.2) is 0 Å². The Bertz CT molecular complexity index is 873. The van der Waals surface area contributed by atoms with E-state index in [0.717, 1.165) is 35.3 Å². The molecular weight excluding hydrogens is 362 g/mol. The highest BCUT2D eigenvalue weighted by Crippen LogP contribution is 2.43. The van der Waals surface area contributed by atoms with Crippen molar-refractivity contribution in [3.05, 3.63) is 45.8 Å². The number of carboxylic acid groups (broad SMARTS) is 1. The summed E-state index contributed by atoms with van der Waals surface area (Å²) < 4.78 is 0. The Balaban J connectivity index is 1.83. The van der Waals surface area contributed by atoms with Crippen LogP contribution in [0.15, 0.2) is 24.3 Å². The molecule has 1 aromatic carbocycles. The van der Waals surface area contributed by atoms with Crippen molar-refractivity contribution in [1.29, 1.82) is 0 Å². The number of thiophene rings is 1. The third-order valence-corrected chi connectivity index (χ3v) is 6.06. The average Bonchev–Trinajstić information content (AvgIpc) is 2.92. The minimum absolute atomic E-state index is 0.0733. The lowest BCUT2D eigenvalue weighted by atomic mass is 9.76. The molecule has 1 aliphatic rings. The van der Waals surface area contributed by atoms with Gasteiger partial charge in [-0.15, -0.1) is 11.3 Å². The fourth-order valence-corrected chi connectivity index (χ4v) is 4.68. The van der Waals surface area contributed by atoms with E-state index in [-0.39, 0.29) is 11.0 Å². The van der Waals surface area contributed by atoms with Crippen LogP contribution < -0.4 is 16.0 Å². The quantitative estimate of drug-likeness (QED) is 0.615. The molecule has 0 saturated carbocycles. The van der Waals surface area contributed by atoms with E-state index >= 15 is 0 Å². The van der Waals surface area contributed by atoms with Gasteiger partial charge in [-0.1, -0.05) is 32.0 Å². The molecule has 0 saturated heterocycles. The molecule has 2 aromatic rings. The fourth-order valence-electron chi connectivity index (χ4n) is 3.48. The number of carbonyl (C=O) groups excluding carboxylic acids is 1. The molecule has 1 aliphatic carbocycles. The number of carboxylic acids is 1. The maximum absolute atomic E-state index is 12.5. The summed E-state index contributed by atoms with van der Waals surface area (Å²) in [5, 5.41) is 18.8. The number of rotatable bonds is 5. The minimum atomic E-state index is -0.990. The smallest absolute Gasteiger partial charge is 0.339 e. The standard InChI is InChI=1S/C20H25N3O3S/c1-20(2)9-8-15-13(10-20)16(18(24)25)17(27-15)23-19(26)22-14-7-5-4-6-12(14)11-21-3/h4-7,21H,8-11H2,1-3H3,(H,24,25)(H2,22,23,26). The first kappa shape index (κ1) is 19.4. The Labute approximate surface area is 163 Å². The molecule has 27 heavy (non-hydrogen) atoms. The van der Waals surface area contributed by atoms with Crippen molar-refractivity contribution in [2.24, 2.45) is 5.41 Å². The summed E-state index contributed by atoms with van der Waals surface area (Å²) in [7, 11) is 1.84. The van der Waals surface area contributed by atoms with Crippen LogP contribution in [0.25, 0.3) is 0 Å². The molecule has 4 N–H and O–H groups in total. The number of aryl methyl sites for hydroxylation is 1. The van der Waals surface area contributed by atoms with Crippen LogP contribution in [-0.4, -0.2) is 24.2 Å². The van der Waals surface area contributed by atoms with E-state index in [1.165, 1.54) is 11.3 Å². The summed E-state index contributed by atoms with van der Waals surface area (Å²) in [4.78, 5) is 25.5. The van der Waals surface area contributed by atoms with Crippen LogP contribution in [0.3, 0.4) is 0 Å². The van der Waals surface area contributed by atoms with Gasteiger partial charge < -0.3 is 15.7 Å². The Morgan fingerprint density at radius 3 is 2.67 bits per heavy atom. The zero-order valence-electron chi connectivity index (χ0n) is 15.8. The zero-order valence-corrected chi connectivity index (χ0v) is 16.6. The number of aromatic carboxylic acids is 1. The molecule has 0 radical (unpaired) electrons. The van der Waals surface area contributed by atoms with Gasteiger partial charge in [-0.25, -0.2) is 9.59 Å². The van der Waals surface area contributed by atoms with Gasteiger partial charge in [0.25, 0.3) is 0 Å². The van der Waals surface area contributed by atoms with Crippen LogP contribution in [0.5, 0.6) is 0 Å². The van der Waals surface area contributed by atoms with Crippen molar-refractivity contribution in [3.8, 4) is 0 Å². The van der Waals surface area contributed by atoms with E-state index in [1.54, 1.807) is 0 Å². The molecule has 0 bridgehead atoms. The van der Waals surface area contributed by atoms with E-state index in [1.807, 2.05) is 31.3 Å². The molecule has 1 heterocycles. The van der Waals surface area contributed by atoms with Crippen LogP contribution in [0.4, 0.5) is 15.5 Å². The lowest BCUT2D eigenvalue weighted by Crippen LogP contribution is -2.23. The molecule has 0 fully saturated rings. The average molecular weight is 388 g/mol. The second-order valence-electron chi connectivity index (χ2n) is 7.62. The minimum Gasteiger partial charge on any atom is -0.478 e. The molecule has 0 spiro atoms. The number of benzene rings is 1. The van der Waals surface area contributed by atoms with Crippen molar-refractivity contribution in [2.75, 3.05) is 17.7 Å². The lowest BCUT2D eigenvalue weighted by molar-refractivity contribution is 0.0696. The van der Waals surface area contributed by atoms with Crippen molar-refractivity contribution in [2.45, 2.75) is 39.7 Å². The Hall–Kier alpha value is -2.38. The van der Waals surface area contributed by atoms with E-state index in [4.69, 9.17) is 0 Å². The molecule has 1 aromatic heterocycles. The number of urea groups is 1. The first-order chi connectivity index (χ1) is 12.8. The molecular formula is C20H25N3O3S. The first-order valence-corrected chi connectivity index (χ1v) is 9.81. The summed E-state index contributed by atoms with van der Waals surface area (Å²) in [5.74, 6) is -0.990. The SMILES string of the molecule is CNCc1ccccc1NC(=O)Nc1sc2c(c1C(=O)O)CC(C)(C)CC2. The number of hydrogen-bond acceptors (Lipinski definition) is 4. The number of anilines is 2. The van der Waals surface area contributed by atoms with Gasteiger partial charge in [-0.3, -0.25) is 5.32 Å². The van der Waals surface area contributed by atoms with Crippen LogP contribution >= 0.6 is 11.3 Å².